The minimum atomic E-state index is -3.72. The summed E-state index contributed by atoms with van der Waals surface area (Å²) in [5.74, 6) is -0.353. The van der Waals surface area contributed by atoms with Crippen molar-refractivity contribution >= 4 is 21.1 Å². The summed E-state index contributed by atoms with van der Waals surface area (Å²) in [6.07, 6.45) is 0. The first-order chi connectivity index (χ1) is 11.4. The average Bonchev–Trinajstić information content (AvgIpc) is 3.03. The van der Waals surface area contributed by atoms with Gasteiger partial charge in [0.15, 0.2) is 0 Å². The molecular weight excluding hydrogens is 331 g/mol. The van der Waals surface area contributed by atoms with Gasteiger partial charge in [0.05, 0.1) is 4.90 Å². The first-order valence-corrected chi connectivity index (χ1v) is 8.95. The highest BCUT2D eigenvalue weighted by atomic mass is 32.2. The quantitative estimate of drug-likeness (QED) is 0.769. The van der Waals surface area contributed by atoms with Crippen molar-refractivity contribution in [2.24, 2.45) is 0 Å². The Morgan fingerprint density at radius 2 is 1.79 bits per heavy atom. The molecule has 0 bridgehead atoms. The number of rotatable bonds is 5. The molecule has 0 radical (unpaired) electrons. The zero-order valence-electron chi connectivity index (χ0n) is 13.3. The van der Waals surface area contributed by atoms with Gasteiger partial charge in [-0.15, -0.1) is 0 Å². The van der Waals surface area contributed by atoms with Gasteiger partial charge in [-0.1, -0.05) is 19.1 Å². The maximum Gasteiger partial charge on any atom is 0.243 e. The van der Waals surface area contributed by atoms with Crippen LogP contribution in [0.5, 0.6) is 0 Å². The first kappa shape index (κ1) is 16.5. The van der Waals surface area contributed by atoms with Gasteiger partial charge in [0.25, 0.3) is 0 Å². The SMILES string of the molecule is CCN([C@@H](C)c1ccc(F)cc1)S(=O)(=O)c1ccc2n[nH]nc2c1. The standard InChI is InChI=1S/C16H17FN4O2S/c1-3-21(11(2)12-4-6-13(17)7-5-12)24(22,23)14-8-9-15-16(10-14)19-20-18-15/h4-11H,3H2,1-2H3,(H,18,19,20)/t11-/m0/s1. The average molecular weight is 348 g/mol. The predicted octanol–water partition coefficient (Wildman–Crippen LogP) is 2.87. The van der Waals surface area contributed by atoms with E-state index in [1.165, 1.54) is 28.6 Å². The van der Waals surface area contributed by atoms with Crippen LogP contribution >= 0.6 is 0 Å². The van der Waals surface area contributed by atoms with Crippen LogP contribution in [0.1, 0.15) is 25.5 Å². The number of H-pyrrole nitrogens is 1. The van der Waals surface area contributed by atoms with Crippen LogP contribution in [-0.4, -0.2) is 34.7 Å². The number of hydrogen-bond donors (Lipinski definition) is 1. The van der Waals surface area contributed by atoms with Crippen molar-refractivity contribution in [3.8, 4) is 0 Å². The van der Waals surface area contributed by atoms with E-state index in [2.05, 4.69) is 15.4 Å². The second-order valence-corrected chi connectivity index (χ2v) is 7.30. The largest absolute Gasteiger partial charge is 0.243 e. The zero-order chi connectivity index (χ0) is 17.3. The fraction of sp³-hybridized carbons (Fsp3) is 0.250. The maximum absolute atomic E-state index is 13.1. The van der Waals surface area contributed by atoms with Gasteiger partial charge in [0.1, 0.15) is 16.9 Å². The van der Waals surface area contributed by atoms with E-state index in [0.29, 0.717) is 11.0 Å². The number of fused-ring (bicyclic) bond motifs is 1. The fourth-order valence-electron chi connectivity index (χ4n) is 2.68. The van der Waals surface area contributed by atoms with Crippen LogP contribution < -0.4 is 0 Å². The van der Waals surface area contributed by atoms with Gasteiger partial charge < -0.3 is 0 Å². The molecule has 8 heteroatoms. The van der Waals surface area contributed by atoms with Crippen molar-refractivity contribution in [1.82, 2.24) is 19.7 Å². The Bertz CT molecular complexity index is 954. The molecule has 0 aliphatic carbocycles. The molecule has 0 fully saturated rings. The Morgan fingerprint density at radius 3 is 2.46 bits per heavy atom. The summed E-state index contributed by atoms with van der Waals surface area (Å²) in [5, 5.41) is 10.3. The lowest BCUT2D eigenvalue weighted by molar-refractivity contribution is 0.357. The number of nitrogens with zero attached hydrogens (tertiary/aromatic N) is 3. The molecular formula is C16H17FN4O2S. The van der Waals surface area contributed by atoms with Crippen molar-refractivity contribution in [3.63, 3.8) is 0 Å². The van der Waals surface area contributed by atoms with Crippen molar-refractivity contribution < 1.29 is 12.8 Å². The Morgan fingerprint density at radius 1 is 1.12 bits per heavy atom. The summed E-state index contributed by atoms with van der Waals surface area (Å²) < 4.78 is 40.5. The van der Waals surface area contributed by atoms with Crippen LogP contribution in [0, 0.1) is 5.82 Å². The summed E-state index contributed by atoms with van der Waals surface area (Å²) >= 11 is 0. The van der Waals surface area contributed by atoms with Gasteiger partial charge in [-0.25, -0.2) is 12.8 Å². The van der Waals surface area contributed by atoms with Gasteiger partial charge in [-0.05, 0) is 42.8 Å². The third-order valence-electron chi connectivity index (χ3n) is 3.99. The van der Waals surface area contributed by atoms with Gasteiger partial charge in [0.2, 0.25) is 10.0 Å². The van der Waals surface area contributed by atoms with Gasteiger partial charge in [0, 0.05) is 12.6 Å². The molecule has 126 valence electrons. The van der Waals surface area contributed by atoms with Crippen LogP contribution in [0.4, 0.5) is 4.39 Å². The minimum absolute atomic E-state index is 0.153. The molecule has 0 aliphatic rings. The lowest BCUT2D eigenvalue weighted by atomic mass is 10.1. The molecule has 1 heterocycles. The number of hydrogen-bond acceptors (Lipinski definition) is 4. The minimum Gasteiger partial charge on any atom is -0.207 e. The Kier molecular flexibility index (Phi) is 4.33. The van der Waals surface area contributed by atoms with Crippen molar-refractivity contribution in [2.45, 2.75) is 24.8 Å². The van der Waals surface area contributed by atoms with E-state index < -0.39 is 16.1 Å². The molecule has 0 saturated heterocycles. The monoisotopic (exact) mass is 348 g/mol. The van der Waals surface area contributed by atoms with Crippen molar-refractivity contribution in [3.05, 3.63) is 53.8 Å². The normalized spacial score (nSPS) is 13.5. The van der Waals surface area contributed by atoms with E-state index in [4.69, 9.17) is 0 Å². The van der Waals surface area contributed by atoms with Gasteiger partial charge in [-0.3, -0.25) is 0 Å². The third kappa shape index (κ3) is 2.90. The lowest BCUT2D eigenvalue weighted by Crippen LogP contribution is -2.33. The highest BCUT2D eigenvalue weighted by molar-refractivity contribution is 7.89. The molecule has 1 N–H and O–H groups in total. The number of aromatic amines is 1. The summed E-state index contributed by atoms with van der Waals surface area (Å²) in [4.78, 5) is 0.153. The Labute approximate surface area is 139 Å². The molecule has 0 saturated carbocycles. The van der Waals surface area contributed by atoms with Gasteiger partial charge >= 0.3 is 0 Å². The topological polar surface area (TPSA) is 79.0 Å². The Balaban J connectivity index is 1.99. The maximum atomic E-state index is 13.1. The molecule has 0 amide bonds. The molecule has 24 heavy (non-hydrogen) atoms. The summed E-state index contributed by atoms with van der Waals surface area (Å²) in [5.41, 5.74) is 1.81. The van der Waals surface area contributed by atoms with E-state index in [-0.39, 0.29) is 17.3 Å². The molecule has 2 aromatic carbocycles. The molecule has 1 atom stereocenters. The van der Waals surface area contributed by atoms with Crippen molar-refractivity contribution in [2.75, 3.05) is 6.54 Å². The lowest BCUT2D eigenvalue weighted by Gasteiger charge is -2.27. The number of benzene rings is 2. The zero-order valence-corrected chi connectivity index (χ0v) is 14.1. The van der Waals surface area contributed by atoms with E-state index >= 15 is 0 Å². The smallest absolute Gasteiger partial charge is 0.207 e. The Hall–Kier alpha value is -2.32. The van der Waals surface area contributed by atoms with Crippen LogP contribution in [-0.2, 0) is 10.0 Å². The first-order valence-electron chi connectivity index (χ1n) is 7.51. The van der Waals surface area contributed by atoms with Crippen molar-refractivity contribution in [1.29, 1.82) is 0 Å². The number of nitrogens with one attached hydrogen (secondary N) is 1. The predicted molar refractivity (Wildman–Crippen MR) is 88.3 cm³/mol. The molecule has 0 spiro atoms. The molecule has 3 rings (SSSR count). The van der Waals surface area contributed by atoms with E-state index in [9.17, 15) is 12.8 Å². The molecule has 0 aliphatic heterocycles. The number of sulfonamides is 1. The van der Waals surface area contributed by atoms with Crippen LogP contribution in [0.25, 0.3) is 11.0 Å². The summed E-state index contributed by atoms with van der Waals surface area (Å²) in [7, 11) is -3.72. The van der Waals surface area contributed by atoms with E-state index in [1.54, 1.807) is 32.0 Å². The van der Waals surface area contributed by atoms with Crippen LogP contribution in [0.2, 0.25) is 0 Å². The second kappa shape index (κ2) is 6.29. The molecule has 3 aromatic rings. The number of aromatic nitrogens is 3. The fourth-order valence-corrected chi connectivity index (χ4v) is 4.32. The van der Waals surface area contributed by atoms with E-state index in [0.717, 1.165) is 5.56 Å². The summed E-state index contributed by atoms with van der Waals surface area (Å²) in [6, 6.07) is 10.0. The van der Waals surface area contributed by atoms with Gasteiger partial charge in [-0.2, -0.15) is 19.7 Å². The third-order valence-corrected chi connectivity index (χ3v) is 6.03. The molecule has 1 aromatic heterocycles. The summed E-state index contributed by atoms with van der Waals surface area (Å²) in [6.45, 7) is 3.84. The van der Waals surface area contributed by atoms with E-state index in [1.807, 2.05) is 0 Å². The number of halogens is 1. The highest BCUT2D eigenvalue weighted by Crippen LogP contribution is 2.28. The molecule has 0 unspecified atom stereocenters. The molecule has 6 nitrogen and oxygen atoms in total. The second-order valence-electron chi connectivity index (χ2n) is 5.41. The highest BCUT2D eigenvalue weighted by Gasteiger charge is 2.29. The van der Waals surface area contributed by atoms with Crippen LogP contribution in [0.3, 0.4) is 0 Å². The van der Waals surface area contributed by atoms with Crippen LogP contribution in [0.15, 0.2) is 47.4 Å².